The van der Waals surface area contributed by atoms with Crippen LogP contribution >= 0.6 is 0 Å². The number of aromatic nitrogens is 1. The number of nitrogens with zero attached hydrogens (tertiary/aromatic N) is 2. The van der Waals surface area contributed by atoms with E-state index in [0.717, 1.165) is 24.1 Å². The maximum Gasteiger partial charge on any atom is 0.255 e. The molecule has 5 heteroatoms. The van der Waals surface area contributed by atoms with E-state index in [1.807, 2.05) is 12.1 Å². The van der Waals surface area contributed by atoms with E-state index in [4.69, 9.17) is 0 Å². The second-order valence-electron chi connectivity index (χ2n) is 6.22. The molecule has 126 valence electrons. The van der Waals surface area contributed by atoms with E-state index in [9.17, 15) is 14.3 Å². The largest absolute Gasteiger partial charge is 0.393 e. The van der Waals surface area contributed by atoms with Crippen LogP contribution in [-0.4, -0.2) is 40.1 Å². The Morgan fingerprint density at radius 3 is 2.88 bits per heavy atom. The van der Waals surface area contributed by atoms with Crippen LogP contribution in [-0.2, 0) is 6.42 Å². The first-order valence-corrected chi connectivity index (χ1v) is 8.28. The third-order valence-corrected chi connectivity index (χ3v) is 4.33. The standard InChI is InChI=1S/C19H21FN2O2/c20-16-4-1-3-14(11-16)12-17-7-6-15(13-21-17)19(24)22-9-2-5-18(23)8-10-22/h1,3-4,6-7,11,13,18,23H,2,5,8-10,12H2/t18-/m1/s1. The summed E-state index contributed by atoms with van der Waals surface area (Å²) in [5.41, 5.74) is 2.20. The molecule has 4 nitrogen and oxygen atoms in total. The number of benzene rings is 1. The Balaban J connectivity index is 1.66. The lowest BCUT2D eigenvalue weighted by molar-refractivity contribution is 0.0752. The van der Waals surface area contributed by atoms with Gasteiger partial charge in [0.05, 0.1) is 11.7 Å². The molecular formula is C19H21FN2O2. The lowest BCUT2D eigenvalue weighted by Crippen LogP contribution is -2.32. The van der Waals surface area contributed by atoms with Crippen molar-refractivity contribution >= 4 is 5.91 Å². The summed E-state index contributed by atoms with van der Waals surface area (Å²) < 4.78 is 13.2. The molecule has 2 heterocycles. The van der Waals surface area contributed by atoms with Crippen molar-refractivity contribution in [2.24, 2.45) is 0 Å². The summed E-state index contributed by atoms with van der Waals surface area (Å²) in [6, 6.07) is 10.0. The highest BCUT2D eigenvalue weighted by atomic mass is 19.1. The molecule has 0 unspecified atom stereocenters. The van der Waals surface area contributed by atoms with Gasteiger partial charge in [0, 0.05) is 31.4 Å². The SMILES string of the molecule is O=C(c1ccc(Cc2cccc(F)c2)nc1)N1CCC[C@@H](O)CC1. The molecule has 0 saturated carbocycles. The topological polar surface area (TPSA) is 53.4 Å². The molecule has 0 bridgehead atoms. The van der Waals surface area contributed by atoms with Gasteiger partial charge in [-0.2, -0.15) is 0 Å². The van der Waals surface area contributed by atoms with Gasteiger partial charge in [-0.1, -0.05) is 12.1 Å². The van der Waals surface area contributed by atoms with Crippen molar-refractivity contribution < 1.29 is 14.3 Å². The van der Waals surface area contributed by atoms with E-state index >= 15 is 0 Å². The Morgan fingerprint density at radius 2 is 2.12 bits per heavy atom. The summed E-state index contributed by atoms with van der Waals surface area (Å²) >= 11 is 0. The summed E-state index contributed by atoms with van der Waals surface area (Å²) in [5, 5.41) is 9.68. The fourth-order valence-corrected chi connectivity index (χ4v) is 2.98. The molecule has 1 amide bonds. The highest BCUT2D eigenvalue weighted by Crippen LogP contribution is 2.15. The Hall–Kier alpha value is -2.27. The van der Waals surface area contributed by atoms with Crippen LogP contribution in [0.1, 0.15) is 40.9 Å². The molecule has 1 saturated heterocycles. The lowest BCUT2D eigenvalue weighted by Gasteiger charge is -2.20. The maximum atomic E-state index is 13.2. The van der Waals surface area contributed by atoms with Crippen LogP contribution in [0.25, 0.3) is 0 Å². The Morgan fingerprint density at radius 1 is 1.25 bits per heavy atom. The molecule has 1 aromatic heterocycles. The molecule has 0 spiro atoms. The maximum absolute atomic E-state index is 13.2. The molecule has 1 fully saturated rings. The fourth-order valence-electron chi connectivity index (χ4n) is 2.98. The van der Waals surface area contributed by atoms with E-state index in [1.165, 1.54) is 12.1 Å². The van der Waals surface area contributed by atoms with Crippen molar-refractivity contribution in [2.45, 2.75) is 31.8 Å². The van der Waals surface area contributed by atoms with E-state index in [0.29, 0.717) is 31.5 Å². The van der Waals surface area contributed by atoms with Gasteiger partial charge in [0.2, 0.25) is 0 Å². The number of rotatable bonds is 3. The first kappa shape index (κ1) is 16.6. The number of hydrogen-bond acceptors (Lipinski definition) is 3. The second kappa shape index (κ2) is 7.53. The molecule has 1 aromatic carbocycles. The molecule has 0 radical (unpaired) electrons. The van der Waals surface area contributed by atoms with Gasteiger partial charge < -0.3 is 10.0 Å². The number of aliphatic hydroxyl groups excluding tert-OH is 1. The molecule has 1 atom stereocenters. The quantitative estimate of drug-likeness (QED) is 0.943. The number of carbonyl (C=O) groups is 1. The summed E-state index contributed by atoms with van der Waals surface area (Å²) in [7, 11) is 0. The molecule has 2 aromatic rings. The van der Waals surface area contributed by atoms with Crippen LogP contribution in [0.4, 0.5) is 4.39 Å². The van der Waals surface area contributed by atoms with Crippen LogP contribution < -0.4 is 0 Å². The van der Waals surface area contributed by atoms with Crippen molar-refractivity contribution in [1.29, 1.82) is 0 Å². The van der Waals surface area contributed by atoms with Crippen molar-refractivity contribution in [3.8, 4) is 0 Å². The molecule has 1 N–H and O–H groups in total. The van der Waals surface area contributed by atoms with E-state index in [2.05, 4.69) is 4.98 Å². The lowest BCUT2D eigenvalue weighted by atomic mass is 10.1. The monoisotopic (exact) mass is 328 g/mol. The van der Waals surface area contributed by atoms with Gasteiger partial charge in [0.15, 0.2) is 0 Å². The normalized spacial score (nSPS) is 18.2. The highest BCUT2D eigenvalue weighted by molar-refractivity contribution is 5.93. The molecule has 3 rings (SSSR count). The number of halogens is 1. The molecular weight excluding hydrogens is 307 g/mol. The zero-order chi connectivity index (χ0) is 16.9. The average Bonchev–Trinajstić information content (AvgIpc) is 2.80. The van der Waals surface area contributed by atoms with Gasteiger partial charge in [-0.15, -0.1) is 0 Å². The third kappa shape index (κ3) is 4.17. The van der Waals surface area contributed by atoms with Gasteiger partial charge in [0.1, 0.15) is 5.82 Å². The van der Waals surface area contributed by atoms with Crippen molar-refractivity contribution in [1.82, 2.24) is 9.88 Å². The van der Waals surface area contributed by atoms with Crippen LogP contribution in [0, 0.1) is 5.82 Å². The predicted molar refractivity (Wildman–Crippen MR) is 89.2 cm³/mol. The van der Waals surface area contributed by atoms with Gasteiger partial charge in [-0.3, -0.25) is 9.78 Å². The third-order valence-electron chi connectivity index (χ3n) is 4.33. The molecule has 1 aliphatic rings. The minimum absolute atomic E-state index is 0.0473. The smallest absolute Gasteiger partial charge is 0.255 e. The second-order valence-corrected chi connectivity index (χ2v) is 6.22. The van der Waals surface area contributed by atoms with E-state index in [1.54, 1.807) is 23.2 Å². The molecule has 24 heavy (non-hydrogen) atoms. The van der Waals surface area contributed by atoms with Crippen molar-refractivity contribution in [3.05, 3.63) is 65.2 Å². The highest BCUT2D eigenvalue weighted by Gasteiger charge is 2.20. The molecule has 1 aliphatic heterocycles. The van der Waals surface area contributed by atoms with E-state index < -0.39 is 0 Å². The summed E-state index contributed by atoms with van der Waals surface area (Å²) in [6.45, 7) is 1.24. The van der Waals surface area contributed by atoms with E-state index in [-0.39, 0.29) is 17.8 Å². The predicted octanol–water partition coefficient (Wildman–Crippen LogP) is 2.80. The van der Waals surface area contributed by atoms with Crippen LogP contribution in [0.3, 0.4) is 0 Å². The minimum atomic E-state index is -0.311. The number of hydrogen-bond donors (Lipinski definition) is 1. The average molecular weight is 328 g/mol. The van der Waals surface area contributed by atoms with Crippen molar-refractivity contribution in [2.75, 3.05) is 13.1 Å². The van der Waals surface area contributed by atoms with Gasteiger partial charge >= 0.3 is 0 Å². The Bertz CT molecular complexity index is 703. The fraction of sp³-hybridized carbons (Fsp3) is 0.368. The first-order valence-electron chi connectivity index (χ1n) is 8.28. The number of aliphatic hydroxyl groups is 1. The van der Waals surface area contributed by atoms with Gasteiger partial charge in [0.25, 0.3) is 5.91 Å². The van der Waals surface area contributed by atoms with Crippen LogP contribution in [0.15, 0.2) is 42.6 Å². The Labute approximate surface area is 141 Å². The zero-order valence-corrected chi connectivity index (χ0v) is 13.5. The number of amides is 1. The summed E-state index contributed by atoms with van der Waals surface area (Å²) in [6.07, 6.45) is 3.98. The number of carbonyl (C=O) groups excluding carboxylic acids is 1. The van der Waals surface area contributed by atoms with Crippen LogP contribution in [0.2, 0.25) is 0 Å². The summed E-state index contributed by atoms with van der Waals surface area (Å²) in [4.78, 5) is 18.6. The minimum Gasteiger partial charge on any atom is -0.393 e. The zero-order valence-electron chi connectivity index (χ0n) is 13.5. The number of pyridine rings is 1. The summed E-state index contributed by atoms with van der Waals surface area (Å²) in [5.74, 6) is -0.309. The van der Waals surface area contributed by atoms with Crippen molar-refractivity contribution in [3.63, 3.8) is 0 Å². The molecule has 0 aliphatic carbocycles. The number of likely N-dealkylation sites (tertiary alicyclic amines) is 1. The van der Waals surface area contributed by atoms with Crippen LogP contribution in [0.5, 0.6) is 0 Å². The Kier molecular flexibility index (Phi) is 5.20. The van der Waals surface area contributed by atoms with Gasteiger partial charge in [-0.05, 0) is 49.1 Å². The van der Waals surface area contributed by atoms with Gasteiger partial charge in [-0.25, -0.2) is 4.39 Å². The first-order chi connectivity index (χ1) is 11.6.